The second kappa shape index (κ2) is 5.87. The third kappa shape index (κ3) is 2.94. The van der Waals surface area contributed by atoms with Crippen molar-refractivity contribution in [1.29, 1.82) is 0 Å². The van der Waals surface area contributed by atoms with Crippen LogP contribution in [-0.4, -0.2) is 5.11 Å². The predicted octanol–water partition coefficient (Wildman–Crippen LogP) is 4.50. The third-order valence-corrected chi connectivity index (χ3v) is 3.93. The van der Waals surface area contributed by atoms with Gasteiger partial charge in [0.1, 0.15) is 11.6 Å². The molecule has 0 saturated heterocycles. The summed E-state index contributed by atoms with van der Waals surface area (Å²) in [5.41, 5.74) is 0.203. The van der Waals surface area contributed by atoms with Crippen molar-refractivity contribution >= 4 is 27.5 Å². The Hall–Kier alpha value is -0.840. The molecule has 0 spiro atoms. The molecule has 1 unspecified atom stereocenters. The average molecular weight is 334 g/mol. The lowest BCUT2D eigenvalue weighted by Crippen LogP contribution is -2.03. The molecule has 96 valence electrons. The first-order chi connectivity index (χ1) is 8.59. The van der Waals surface area contributed by atoms with Gasteiger partial charge in [-0.05, 0) is 40.5 Å². The maximum atomic E-state index is 13.8. The quantitative estimate of drug-likeness (QED) is 0.836. The molecule has 2 rings (SSSR count). The van der Waals surface area contributed by atoms with Crippen molar-refractivity contribution in [2.24, 2.45) is 0 Å². The van der Waals surface area contributed by atoms with E-state index in [-0.39, 0.29) is 10.6 Å². The Balaban J connectivity index is 2.09. The van der Waals surface area contributed by atoms with E-state index in [1.54, 1.807) is 18.4 Å². The summed E-state index contributed by atoms with van der Waals surface area (Å²) in [6.45, 7) is 0. The summed E-state index contributed by atoms with van der Waals surface area (Å²) in [7, 11) is 0. The zero-order valence-electron chi connectivity index (χ0n) is 9.37. The van der Waals surface area contributed by atoms with Crippen molar-refractivity contribution in [2.45, 2.75) is 18.9 Å². The molecule has 0 amide bonds. The fourth-order valence-electron chi connectivity index (χ4n) is 1.69. The molecule has 1 aromatic heterocycles. The van der Waals surface area contributed by atoms with Gasteiger partial charge in [0.15, 0.2) is 0 Å². The molecule has 5 heteroatoms. The number of hydrogen-bond donors (Lipinski definition) is 1. The van der Waals surface area contributed by atoms with Gasteiger partial charge in [0, 0.05) is 16.5 Å². The van der Waals surface area contributed by atoms with Crippen molar-refractivity contribution in [3.05, 3.63) is 57.2 Å². The zero-order valence-corrected chi connectivity index (χ0v) is 11.7. The van der Waals surface area contributed by atoms with Crippen molar-refractivity contribution in [3.63, 3.8) is 0 Å². The Morgan fingerprint density at radius 1 is 1.39 bits per heavy atom. The molecule has 0 aliphatic heterocycles. The molecule has 0 radical (unpaired) electrons. The van der Waals surface area contributed by atoms with Crippen LogP contribution in [0.1, 0.15) is 23.8 Å². The molecule has 0 saturated carbocycles. The minimum atomic E-state index is -0.902. The van der Waals surface area contributed by atoms with E-state index in [1.165, 1.54) is 6.07 Å². The molecule has 2 aromatic rings. The molecule has 18 heavy (non-hydrogen) atoms. The van der Waals surface area contributed by atoms with Gasteiger partial charge in [-0.25, -0.2) is 4.39 Å². The summed E-state index contributed by atoms with van der Waals surface area (Å²) >= 11 is 8.91. The second-order valence-electron chi connectivity index (χ2n) is 3.90. The summed E-state index contributed by atoms with van der Waals surface area (Å²) in [6.07, 6.45) is 1.59. The molecular weight excluding hydrogens is 322 g/mol. The lowest BCUT2D eigenvalue weighted by atomic mass is 10.0. The van der Waals surface area contributed by atoms with Gasteiger partial charge in [-0.1, -0.05) is 17.7 Å². The maximum Gasteiger partial charge on any atom is 0.148 e. The number of aliphatic hydroxyl groups excluding tert-OH is 1. The van der Waals surface area contributed by atoms with Crippen LogP contribution in [0.4, 0.5) is 4.39 Å². The molecule has 1 N–H and O–H groups in total. The number of furan rings is 1. The minimum absolute atomic E-state index is 0.00968. The van der Waals surface area contributed by atoms with Crippen LogP contribution in [-0.2, 0) is 6.42 Å². The summed E-state index contributed by atoms with van der Waals surface area (Å²) < 4.78 is 19.5. The topological polar surface area (TPSA) is 33.4 Å². The van der Waals surface area contributed by atoms with Crippen LogP contribution in [0.5, 0.6) is 0 Å². The van der Waals surface area contributed by atoms with E-state index in [2.05, 4.69) is 15.9 Å². The first-order valence-electron chi connectivity index (χ1n) is 5.43. The van der Waals surface area contributed by atoms with Crippen molar-refractivity contribution in [2.75, 3.05) is 0 Å². The van der Waals surface area contributed by atoms with Crippen LogP contribution in [0.25, 0.3) is 0 Å². The molecule has 1 atom stereocenters. The Bertz CT molecular complexity index is 528. The smallest absolute Gasteiger partial charge is 0.148 e. The highest BCUT2D eigenvalue weighted by molar-refractivity contribution is 9.10. The SMILES string of the molecule is OC(CCc1ccco1)c1ccc(Br)c(Cl)c1F. The monoisotopic (exact) mass is 332 g/mol. The van der Waals surface area contributed by atoms with Gasteiger partial charge >= 0.3 is 0 Å². The van der Waals surface area contributed by atoms with Gasteiger partial charge in [0.25, 0.3) is 0 Å². The summed E-state index contributed by atoms with van der Waals surface area (Å²) in [6, 6.07) is 6.74. The van der Waals surface area contributed by atoms with Crippen molar-refractivity contribution < 1.29 is 13.9 Å². The molecule has 0 aliphatic carbocycles. The van der Waals surface area contributed by atoms with Gasteiger partial charge in [0.05, 0.1) is 17.4 Å². The fraction of sp³-hybridized carbons (Fsp3) is 0.231. The average Bonchev–Trinajstić information content (AvgIpc) is 2.86. The van der Waals surface area contributed by atoms with Gasteiger partial charge < -0.3 is 9.52 Å². The van der Waals surface area contributed by atoms with Crippen LogP contribution in [0.2, 0.25) is 5.02 Å². The summed E-state index contributed by atoms with van der Waals surface area (Å²) in [5.74, 6) is 0.177. The maximum absolute atomic E-state index is 13.8. The number of hydrogen-bond acceptors (Lipinski definition) is 2. The van der Waals surface area contributed by atoms with E-state index in [0.717, 1.165) is 5.76 Å². The Morgan fingerprint density at radius 3 is 2.83 bits per heavy atom. The first-order valence-corrected chi connectivity index (χ1v) is 6.60. The van der Waals surface area contributed by atoms with Crippen molar-refractivity contribution in [1.82, 2.24) is 0 Å². The lowest BCUT2D eigenvalue weighted by molar-refractivity contribution is 0.161. The highest BCUT2D eigenvalue weighted by Gasteiger charge is 2.17. The second-order valence-corrected chi connectivity index (χ2v) is 5.13. The largest absolute Gasteiger partial charge is 0.469 e. The van der Waals surface area contributed by atoms with E-state index in [9.17, 15) is 9.50 Å². The van der Waals surface area contributed by atoms with E-state index in [1.807, 2.05) is 6.07 Å². The van der Waals surface area contributed by atoms with Crippen LogP contribution < -0.4 is 0 Å². The molecule has 1 aromatic carbocycles. The molecule has 1 heterocycles. The van der Waals surface area contributed by atoms with Crippen molar-refractivity contribution in [3.8, 4) is 0 Å². The third-order valence-electron chi connectivity index (χ3n) is 2.67. The highest BCUT2D eigenvalue weighted by atomic mass is 79.9. The number of halogens is 3. The highest BCUT2D eigenvalue weighted by Crippen LogP contribution is 2.31. The molecule has 2 nitrogen and oxygen atoms in total. The Labute approximate surface area is 118 Å². The summed E-state index contributed by atoms with van der Waals surface area (Å²) in [4.78, 5) is 0. The zero-order chi connectivity index (χ0) is 13.1. The number of aryl methyl sites for hydroxylation is 1. The fourth-order valence-corrected chi connectivity index (χ4v) is 2.17. The summed E-state index contributed by atoms with van der Waals surface area (Å²) in [5, 5.41) is 9.95. The van der Waals surface area contributed by atoms with E-state index in [4.69, 9.17) is 16.0 Å². The Kier molecular flexibility index (Phi) is 4.43. The standard InChI is InChI=1S/C13H11BrClFO2/c14-10-5-4-9(13(16)12(10)15)11(17)6-3-8-2-1-7-18-8/h1-2,4-5,7,11,17H,3,6H2. The van der Waals surface area contributed by atoms with E-state index < -0.39 is 11.9 Å². The molecular formula is C13H11BrClFO2. The Morgan fingerprint density at radius 2 is 2.17 bits per heavy atom. The van der Waals surface area contributed by atoms with Gasteiger partial charge in [0.2, 0.25) is 0 Å². The van der Waals surface area contributed by atoms with E-state index >= 15 is 0 Å². The molecule has 0 aliphatic rings. The van der Waals surface area contributed by atoms with Crippen LogP contribution in [0, 0.1) is 5.82 Å². The minimum Gasteiger partial charge on any atom is -0.469 e. The van der Waals surface area contributed by atoms with Gasteiger partial charge in [-0.15, -0.1) is 0 Å². The number of rotatable bonds is 4. The van der Waals surface area contributed by atoms with Crippen LogP contribution >= 0.6 is 27.5 Å². The van der Waals surface area contributed by atoms with Crippen LogP contribution in [0.15, 0.2) is 39.4 Å². The first kappa shape index (κ1) is 13.6. The number of benzene rings is 1. The van der Waals surface area contributed by atoms with Crippen LogP contribution in [0.3, 0.4) is 0 Å². The predicted molar refractivity (Wildman–Crippen MR) is 71.1 cm³/mol. The lowest BCUT2D eigenvalue weighted by Gasteiger charge is -2.12. The normalized spacial score (nSPS) is 12.7. The van der Waals surface area contributed by atoms with Gasteiger partial charge in [-0.3, -0.25) is 0 Å². The molecule has 0 fully saturated rings. The van der Waals surface area contributed by atoms with Gasteiger partial charge in [-0.2, -0.15) is 0 Å². The van der Waals surface area contributed by atoms with E-state index in [0.29, 0.717) is 17.3 Å². The molecule has 0 bridgehead atoms. The number of aliphatic hydroxyl groups is 1.